The number of anilines is 3. The second-order valence-corrected chi connectivity index (χ2v) is 13.4. The van der Waals surface area contributed by atoms with Crippen LogP contribution in [0.5, 0.6) is 11.5 Å². The maximum atomic E-state index is 13.8. The smallest absolute Gasteiger partial charge is 0.331 e. The number of benzene rings is 2. The summed E-state index contributed by atoms with van der Waals surface area (Å²) in [5.41, 5.74) is 1.73. The number of carbonyl (C=O) groups excluding carboxylic acids is 2. The Kier molecular flexibility index (Phi) is 5.31. The van der Waals surface area contributed by atoms with Gasteiger partial charge in [0.25, 0.3) is 5.91 Å². The number of rotatable bonds is 5. The summed E-state index contributed by atoms with van der Waals surface area (Å²) in [6.07, 6.45) is 6.93. The van der Waals surface area contributed by atoms with Crippen molar-refractivity contribution in [3.63, 3.8) is 0 Å². The summed E-state index contributed by atoms with van der Waals surface area (Å²) >= 11 is 1.30. The second-order valence-electron chi connectivity index (χ2n) is 12.4. The molecule has 4 bridgehead atoms. The number of aliphatic hydroxyl groups is 1. The molecule has 3 heterocycles. The number of aromatic nitrogens is 1. The van der Waals surface area contributed by atoms with Gasteiger partial charge in [0.2, 0.25) is 0 Å². The van der Waals surface area contributed by atoms with E-state index in [1.807, 2.05) is 61.5 Å². The summed E-state index contributed by atoms with van der Waals surface area (Å²) in [7, 11) is 0. The van der Waals surface area contributed by atoms with Crippen LogP contribution in [0.4, 0.5) is 21.9 Å². The van der Waals surface area contributed by atoms with Gasteiger partial charge in [0, 0.05) is 11.7 Å². The second kappa shape index (κ2) is 8.77. The Labute approximate surface area is 241 Å². The first-order valence-electron chi connectivity index (χ1n) is 14.2. The molecule has 9 rings (SSSR count). The molecule has 4 saturated carbocycles. The van der Waals surface area contributed by atoms with Gasteiger partial charge in [-0.3, -0.25) is 9.69 Å². The minimum absolute atomic E-state index is 0.202. The average Bonchev–Trinajstić information content (AvgIpc) is 3.28. The minimum Gasteiger partial charge on any atom is -0.457 e. The number of pyridine rings is 1. The van der Waals surface area contributed by atoms with Crippen LogP contribution >= 0.6 is 11.3 Å². The maximum Gasteiger partial charge on any atom is 0.331 e. The summed E-state index contributed by atoms with van der Waals surface area (Å²) in [6.45, 7) is 1.94. The van der Waals surface area contributed by atoms with Crippen LogP contribution in [0, 0.1) is 18.8 Å². The highest BCUT2D eigenvalue weighted by Crippen LogP contribution is 2.58. The molecule has 4 fully saturated rings. The van der Waals surface area contributed by atoms with Gasteiger partial charge in [-0.1, -0.05) is 18.2 Å². The molecule has 8 nitrogen and oxygen atoms in total. The Morgan fingerprint density at radius 3 is 2.59 bits per heavy atom. The maximum absolute atomic E-state index is 13.8. The van der Waals surface area contributed by atoms with Crippen molar-refractivity contribution in [2.24, 2.45) is 11.8 Å². The summed E-state index contributed by atoms with van der Waals surface area (Å²) < 4.78 is 5.99. The van der Waals surface area contributed by atoms with Gasteiger partial charge in [0.15, 0.2) is 0 Å². The zero-order chi connectivity index (χ0) is 27.9. The van der Waals surface area contributed by atoms with Gasteiger partial charge in [-0.15, -0.1) is 11.3 Å². The summed E-state index contributed by atoms with van der Waals surface area (Å²) in [6, 6.07) is 16.7. The molecule has 1 aliphatic heterocycles. The Balaban J connectivity index is 1.12. The lowest BCUT2D eigenvalue weighted by atomic mass is 9.51. The number of urea groups is 1. The van der Waals surface area contributed by atoms with E-state index >= 15 is 0 Å². The number of hydrogen-bond donors (Lipinski definition) is 3. The van der Waals surface area contributed by atoms with E-state index in [1.54, 1.807) is 11.1 Å². The molecule has 0 radical (unpaired) electrons. The van der Waals surface area contributed by atoms with Crippen molar-refractivity contribution < 1.29 is 19.4 Å². The topological polar surface area (TPSA) is 104 Å². The van der Waals surface area contributed by atoms with Gasteiger partial charge in [0.1, 0.15) is 21.2 Å². The highest BCUT2D eigenvalue weighted by molar-refractivity contribution is 7.21. The molecule has 2 aromatic heterocycles. The normalized spacial score (nSPS) is 27.7. The zero-order valence-corrected chi connectivity index (χ0v) is 23.5. The Morgan fingerprint density at radius 1 is 1.07 bits per heavy atom. The van der Waals surface area contributed by atoms with Crippen LogP contribution < -0.4 is 20.3 Å². The van der Waals surface area contributed by atoms with E-state index in [2.05, 4.69) is 15.6 Å². The van der Waals surface area contributed by atoms with Crippen molar-refractivity contribution in [3.8, 4) is 11.5 Å². The van der Waals surface area contributed by atoms with Crippen LogP contribution in [0.1, 0.15) is 53.8 Å². The number of nitrogens with one attached hydrogen (secondary N) is 2. The lowest BCUT2D eigenvalue weighted by molar-refractivity contribution is -0.139. The van der Waals surface area contributed by atoms with Crippen LogP contribution in [0.3, 0.4) is 0 Å². The SMILES string of the molecule is Cc1cc(Oc2ccccc2)ccc1N1C(=O)Nc2c(C(=O)NC34C[C@@H]5C[C@@H](CC(O)(C5)C3)C4)sc3nccc1c23. The van der Waals surface area contributed by atoms with Crippen LogP contribution in [0.2, 0.25) is 0 Å². The number of carbonyl (C=O) groups is 2. The van der Waals surface area contributed by atoms with E-state index < -0.39 is 5.60 Å². The quantitative estimate of drug-likeness (QED) is 0.244. The molecule has 4 atom stereocenters. The van der Waals surface area contributed by atoms with E-state index in [0.717, 1.165) is 54.5 Å². The minimum atomic E-state index is -0.672. The summed E-state index contributed by atoms with van der Waals surface area (Å²) in [5.74, 6) is 2.13. The predicted molar refractivity (Wildman–Crippen MR) is 158 cm³/mol. The van der Waals surface area contributed by atoms with Crippen LogP contribution in [0.25, 0.3) is 10.2 Å². The molecule has 3 amide bonds. The molecular formula is C32H30N4O4S. The molecule has 9 heteroatoms. The van der Waals surface area contributed by atoms with Gasteiger partial charge in [0.05, 0.1) is 28.0 Å². The Morgan fingerprint density at radius 2 is 1.85 bits per heavy atom. The molecule has 4 aromatic rings. The number of ether oxygens (including phenoxy) is 1. The first kappa shape index (κ1) is 24.8. The van der Waals surface area contributed by atoms with E-state index in [0.29, 0.717) is 45.1 Å². The molecule has 0 spiro atoms. The fraction of sp³-hybridized carbons (Fsp3) is 0.344. The van der Waals surface area contributed by atoms with E-state index in [-0.39, 0.29) is 17.5 Å². The molecular weight excluding hydrogens is 536 g/mol. The molecule has 4 aliphatic carbocycles. The number of aryl methyl sites for hydroxylation is 1. The first-order valence-corrected chi connectivity index (χ1v) is 15.0. The van der Waals surface area contributed by atoms with E-state index in [4.69, 9.17) is 4.74 Å². The van der Waals surface area contributed by atoms with Gasteiger partial charge >= 0.3 is 6.03 Å². The van der Waals surface area contributed by atoms with Gasteiger partial charge in [-0.05, 0) is 99.2 Å². The van der Waals surface area contributed by atoms with Crippen molar-refractivity contribution in [3.05, 3.63) is 71.2 Å². The van der Waals surface area contributed by atoms with Gasteiger partial charge in [-0.25, -0.2) is 9.78 Å². The third-order valence-corrected chi connectivity index (χ3v) is 10.3. The number of amides is 3. The van der Waals surface area contributed by atoms with Crippen LogP contribution in [-0.4, -0.2) is 33.2 Å². The number of nitrogens with zero attached hydrogens (tertiary/aromatic N) is 2. The molecule has 2 aromatic carbocycles. The van der Waals surface area contributed by atoms with Crippen molar-refractivity contribution in [2.75, 3.05) is 10.2 Å². The molecule has 2 unspecified atom stereocenters. The fourth-order valence-corrected chi connectivity index (χ4v) is 9.22. The van der Waals surface area contributed by atoms with Crippen LogP contribution in [-0.2, 0) is 0 Å². The molecule has 208 valence electrons. The number of para-hydroxylation sites is 1. The lowest BCUT2D eigenvalue weighted by Crippen LogP contribution is -2.65. The monoisotopic (exact) mass is 566 g/mol. The third-order valence-electron chi connectivity index (χ3n) is 9.25. The fourth-order valence-electron chi connectivity index (χ4n) is 8.21. The predicted octanol–water partition coefficient (Wildman–Crippen LogP) is 6.89. The largest absolute Gasteiger partial charge is 0.457 e. The number of hydrogen-bond acceptors (Lipinski definition) is 6. The molecule has 41 heavy (non-hydrogen) atoms. The van der Waals surface area contributed by atoms with Crippen molar-refractivity contribution >= 4 is 50.6 Å². The van der Waals surface area contributed by atoms with Crippen LogP contribution in [0.15, 0.2) is 60.8 Å². The lowest BCUT2D eigenvalue weighted by Gasteiger charge is -2.60. The van der Waals surface area contributed by atoms with Crippen molar-refractivity contribution in [1.29, 1.82) is 0 Å². The summed E-state index contributed by atoms with van der Waals surface area (Å²) in [5, 5.41) is 18.3. The molecule has 0 saturated heterocycles. The van der Waals surface area contributed by atoms with Crippen molar-refractivity contribution in [2.45, 2.75) is 56.6 Å². The Hall–Kier alpha value is -3.95. The summed E-state index contributed by atoms with van der Waals surface area (Å²) in [4.78, 5) is 34.8. The Bertz CT molecular complexity index is 1720. The van der Waals surface area contributed by atoms with Gasteiger partial charge < -0.3 is 20.5 Å². The molecule has 5 aliphatic rings. The third kappa shape index (κ3) is 4.01. The standard InChI is InChI=1S/C32H30N4O4S/c1-18-11-22(40-21-5-3-2-4-6-21)7-8-23(18)36-24-9-10-33-29-25(24)26(34-30(36)38)27(41-29)28(37)35-31-13-19-12-20(14-31)16-32(39,15-19)17-31/h2-11,19-20,39H,12-17H2,1H3,(H,34,38)(H,35,37)/t19-,20+,31?,32?. The zero-order valence-electron chi connectivity index (χ0n) is 22.6. The van der Waals surface area contributed by atoms with E-state index in [9.17, 15) is 14.7 Å². The van der Waals surface area contributed by atoms with Crippen molar-refractivity contribution in [1.82, 2.24) is 10.3 Å². The van der Waals surface area contributed by atoms with Gasteiger partial charge in [-0.2, -0.15) is 0 Å². The average molecular weight is 567 g/mol. The highest BCUT2D eigenvalue weighted by atomic mass is 32.1. The molecule has 3 N–H and O–H groups in total. The van der Waals surface area contributed by atoms with E-state index in [1.165, 1.54) is 11.3 Å². The highest BCUT2D eigenvalue weighted by Gasteiger charge is 2.58. The number of thiophene rings is 1. The first-order chi connectivity index (χ1) is 19.8.